The van der Waals surface area contributed by atoms with Crippen LogP contribution in [0.25, 0.3) is 0 Å². The second-order valence-electron chi connectivity index (χ2n) is 4.62. The van der Waals surface area contributed by atoms with Crippen LogP contribution < -0.4 is 5.32 Å². The lowest BCUT2D eigenvalue weighted by Crippen LogP contribution is -2.33. The number of aliphatic hydroxyl groups is 1. The van der Waals surface area contributed by atoms with Gasteiger partial charge < -0.3 is 10.4 Å². The van der Waals surface area contributed by atoms with Gasteiger partial charge in [-0.05, 0) is 38.8 Å². The SMILES string of the molecule is CCC(C)(O)CNc1nc(C)cc(C)c1C#N. The third-order valence-corrected chi connectivity index (χ3v) is 2.85. The van der Waals surface area contributed by atoms with Gasteiger partial charge in [-0.3, -0.25) is 0 Å². The average Bonchev–Trinajstić information content (AvgIpc) is 2.26. The van der Waals surface area contributed by atoms with Gasteiger partial charge in [0.05, 0.1) is 11.2 Å². The van der Waals surface area contributed by atoms with Crippen molar-refractivity contribution in [3.05, 3.63) is 22.9 Å². The summed E-state index contributed by atoms with van der Waals surface area (Å²) in [6.45, 7) is 7.83. The molecule has 0 aliphatic carbocycles. The number of pyridine rings is 1. The molecule has 1 unspecified atom stereocenters. The van der Waals surface area contributed by atoms with Gasteiger partial charge in [0.25, 0.3) is 0 Å². The Morgan fingerprint density at radius 1 is 1.53 bits per heavy atom. The van der Waals surface area contributed by atoms with E-state index in [1.807, 2.05) is 26.8 Å². The Morgan fingerprint density at radius 2 is 2.18 bits per heavy atom. The van der Waals surface area contributed by atoms with Crippen molar-refractivity contribution in [1.82, 2.24) is 4.98 Å². The van der Waals surface area contributed by atoms with E-state index in [1.165, 1.54) is 0 Å². The number of rotatable bonds is 4. The Labute approximate surface area is 102 Å². The van der Waals surface area contributed by atoms with Gasteiger partial charge in [-0.25, -0.2) is 4.98 Å². The Morgan fingerprint density at radius 3 is 2.71 bits per heavy atom. The molecule has 0 aromatic carbocycles. The Balaban J connectivity index is 2.95. The van der Waals surface area contributed by atoms with E-state index in [2.05, 4.69) is 16.4 Å². The van der Waals surface area contributed by atoms with Crippen LogP contribution in [0.5, 0.6) is 0 Å². The highest BCUT2D eigenvalue weighted by Crippen LogP contribution is 2.19. The van der Waals surface area contributed by atoms with Crippen LogP contribution in [-0.2, 0) is 0 Å². The van der Waals surface area contributed by atoms with Crippen molar-refractivity contribution in [3.8, 4) is 6.07 Å². The quantitative estimate of drug-likeness (QED) is 0.836. The third kappa shape index (κ3) is 3.43. The topological polar surface area (TPSA) is 68.9 Å². The van der Waals surface area contributed by atoms with Crippen LogP contribution in [0.15, 0.2) is 6.07 Å². The number of aromatic nitrogens is 1. The van der Waals surface area contributed by atoms with Crippen LogP contribution in [0.1, 0.15) is 37.1 Å². The molecular weight excluding hydrogens is 214 g/mol. The molecule has 0 spiro atoms. The number of aryl methyl sites for hydroxylation is 2. The summed E-state index contributed by atoms with van der Waals surface area (Å²) in [6, 6.07) is 4.02. The molecule has 4 heteroatoms. The fourth-order valence-electron chi connectivity index (χ4n) is 1.50. The molecule has 1 aromatic heterocycles. The van der Waals surface area contributed by atoms with Gasteiger partial charge in [0.1, 0.15) is 11.9 Å². The first-order valence-electron chi connectivity index (χ1n) is 5.74. The fraction of sp³-hybridized carbons (Fsp3) is 0.538. The minimum absolute atomic E-state index is 0.383. The standard InChI is InChI=1S/C13H19N3O/c1-5-13(4,17)8-15-12-11(7-14)9(2)6-10(3)16-12/h6,17H,5,8H2,1-4H3,(H,15,16). The van der Waals surface area contributed by atoms with E-state index in [1.54, 1.807) is 6.92 Å². The summed E-state index contributed by atoms with van der Waals surface area (Å²) in [7, 11) is 0. The molecule has 0 aliphatic heterocycles. The predicted octanol–water partition coefficient (Wildman–Crippen LogP) is 2.14. The van der Waals surface area contributed by atoms with E-state index in [9.17, 15) is 5.11 Å². The summed E-state index contributed by atoms with van der Waals surface area (Å²) in [4.78, 5) is 4.30. The van der Waals surface area contributed by atoms with Crippen LogP contribution >= 0.6 is 0 Å². The van der Waals surface area contributed by atoms with E-state index in [0.29, 0.717) is 24.3 Å². The van der Waals surface area contributed by atoms with Crippen LogP contribution in [-0.4, -0.2) is 22.2 Å². The van der Waals surface area contributed by atoms with Crippen molar-refractivity contribution < 1.29 is 5.11 Å². The molecule has 0 amide bonds. The van der Waals surface area contributed by atoms with Crippen LogP contribution in [0, 0.1) is 25.2 Å². The second kappa shape index (κ2) is 5.15. The number of anilines is 1. The van der Waals surface area contributed by atoms with E-state index >= 15 is 0 Å². The highest BCUT2D eigenvalue weighted by Gasteiger charge is 2.18. The van der Waals surface area contributed by atoms with Gasteiger partial charge in [-0.1, -0.05) is 6.92 Å². The Kier molecular flexibility index (Phi) is 4.08. The smallest absolute Gasteiger partial charge is 0.144 e. The number of hydrogen-bond donors (Lipinski definition) is 2. The zero-order valence-electron chi connectivity index (χ0n) is 10.8. The van der Waals surface area contributed by atoms with Crippen molar-refractivity contribution in [3.63, 3.8) is 0 Å². The maximum atomic E-state index is 9.91. The molecule has 0 aliphatic rings. The van der Waals surface area contributed by atoms with E-state index < -0.39 is 5.60 Å². The van der Waals surface area contributed by atoms with Gasteiger partial charge >= 0.3 is 0 Å². The van der Waals surface area contributed by atoms with Crippen molar-refractivity contribution in [2.24, 2.45) is 0 Å². The van der Waals surface area contributed by atoms with Gasteiger partial charge in [-0.2, -0.15) is 5.26 Å². The van der Waals surface area contributed by atoms with Gasteiger partial charge in [0.2, 0.25) is 0 Å². The summed E-state index contributed by atoms with van der Waals surface area (Å²) >= 11 is 0. The molecule has 1 atom stereocenters. The Hall–Kier alpha value is -1.60. The fourth-order valence-corrected chi connectivity index (χ4v) is 1.50. The monoisotopic (exact) mass is 233 g/mol. The first-order chi connectivity index (χ1) is 7.89. The molecule has 0 fully saturated rings. The number of nitrogens with one attached hydrogen (secondary N) is 1. The molecule has 4 nitrogen and oxygen atoms in total. The maximum absolute atomic E-state index is 9.91. The molecule has 17 heavy (non-hydrogen) atoms. The molecule has 0 saturated heterocycles. The zero-order chi connectivity index (χ0) is 13.1. The summed E-state index contributed by atoms with van der Waals surface area (Å²) in [5.74, 6) is 0.554. The van der Waals surface area contributed by atoms with E-state index in [0.717, 1.165) is 11.3 Å². The van der Waals surface area contributed by atoms with Crippen molar-refractivity contribution in [2.75, 3.05) is 11.9 Å². The highest BCUT2D eigenvalue weighted by atomic mass is 16.3. The van der Waals surface area contributed by atoms with Crippen LogP contribution in [0.2, 0.25) is 0 Å². The first kappa shape index (κ1) is 13.5. The maximum Gasteiger partial charge on any atom is 0.144 e. The van der Waals surface area contributed by atoms with Gasteiger partial charge in [0, 0.05) is 12.2 Å². The molecule has 0 saturated carbocycles. The molecule has 1 heterocycles. The van der Waals surface area contributed by atoms with Crippen LogP contribution in [0.3, 0.4) is 0 Å². The normalized spacial score (nSPS) is 13.9. The lowest BCUT2D eigenvalue weighted by molar-refractivity contribution is 0.0696. The number of hydrogen-bond acceptors (Lipinski definition) is 4. The molecule has 1 rings (SSSR count). The Bertz CT molecular complexity index is 447. The van der Waals surface area contributed by atoms with Gasteiger partial charge in [0.15, 0.2) is 0 Å². The van der Waals surface area contributed by atoms with Gasteiger partial charge in [-0.15, -0.1) is 0 Å². The van der Waals surface area contributed by atoms with Crippen molar-refractivity contribution >= 4 is 5.82 Å². The van der Waals surface area contributed by atoms with Crippen molar-refractivity contribution in [2.45, 2.75) is 39.7 Å². The summed E-state index contributed by atoms with van der Waals surface area (Å²) in [5.41, 5.74) is 1.52. The molecule has 0 radical (unpaired) electrons. The van der Waals surface area contributed by atoms with E-state index in [-0.39, 0.29) is 0 Å². The molecule has 1 aromatic rings. The zero-order valence-corrected chi connectivity index (χ0v) is 10.8. The lowest BCUT2D eigenvalue weighted by atomic mass is 10.0. The minimum atomic E-state index is -0.786. The lowest BCUT2D eigenvalue weighted by Gasteiger charge is -2.22. The van der Waals surface area contributed by atoms with Crippen molar-refractivity contribution in [1.29, 1.82) is 5.26 Å². The average molecular weight is 233 g/mol. The summed E-state index contributed by atoms with van der Waals surface area (Å²) < 4.78 is 0. The number of nitrogens with zero attached hydrogens (tertiary/aromatic N) is 2. The molecule has 2 N–H and O–H groups in total. The largest absolute Gasteiger partial charge is 0.388 e. The summed E-state index contributed by atoms with van der Waals surface area (Å²) in [5, 5.41) is 22.1. The number of nitriles is 1. The highest BCUT2D eigenvalue weighted by molar-refractivity contribution is 5.56. The summed E-state index contributed by atoms with van der Waals surface area (Å²) in [6.07, 6.45) is 0.646. The first-order valence-corrected chi connectivity index (χ1v) is 5.74. The molecule has 92 valence electrons. The van der Waals surface area contributed by atoms with E-state index in [4.69, 9.17) is 5.26 Å². The van der Waals surface area contributed by atoms with Crippen LogP contribution in [0.4, 0.5) is 5.82 Å². The minimum Gasteiger partial charge on any atom is -0.388 e. The third-order valence-electron chi connectivity index (χ3n) is 2.85. The molecular formula is C13H19N3O. The predicted molar refractivity (Wildman–Crippen MR) is 67.8 cm³/mol. The molecule has 0 bridgehead atoms. The second-order valence-corrected chi connectivity index (χ2v) is 4.62.